The molecule has 0 unspecified atom stereocenters. The third-order valence-electron chi connectivity index (χ3n) is 6.69. The summed E-state index contributed by atoms with van der Waals surface area (Å²) in [4.78, 5) is 34.6. The number of carbonyl (C=O) groups excluding carboxylic acids is 2. The molecule has 3 aliphatic rings. The molecule has 1 spiro atoms. The van der Waals surface area contributed by atoms with Crippen LogP contribution in [0.5, 0.6) is 0 Å². The van der Waals surface area contributed by atoms with Crippen LogP contribution in [0.25, 0.3) is 11.3 Å². The van der Waals surface area contributed by atoms with Crippen molar-refractivity contribution >= 4 is 11.8 Å². The molecule has 3 saturated heterocycles. The fourth-order valence-electron chi connectivity index (χ4n) is 4.89. The Balaban J connectivity index is 1.38. The van der Waals surface area contributed by atoms with Crippen LogP contribution in [0.15, 0.2) is 35.1 Å². The molecule has 3 aliphatic heterocycles. The van der Waals surface area contributed by atoms with Crippen LogP contribution >= 0.6 is 0 Å². The number of oxazole rings is 1. The molecule has 2 aromatic rings. The van der Waals surface area contributed by atoms with Crippen LogP contribution in [0.2, 0.25) is 0 Å². The smallest absolute Gasteiger partial charge is 0.276 e. The second-order valence-electron chi connectivity index (χ2n) is 8.68. The zero-order valence-corrected chi connectivity index (χ0v) is 18.3. The lowest BCUT2D eigenvalue weighted by Gasteiger charge is -2.37. The molecule has 0 atom stereocenters. The molecule has 0 radical (unpaired) electrons. The Kier molecular flexibility index (Phi) is 5.97. The summed E-state index contributed by atoms with van der Waals surface area (Å²) in [5.74, 6) is -0.413. The lowest BCUT2D eigenvalue weighted by atomic mass is 10.0. The minimum Gasteiger partial charge on any atom is -0.443 e. The fraction of sp³-hybridized carbons (Fsp3) is 0.542. The molecule has 3 fully saturated rings. The molecule has 2 amide bonds. The molecule has 0 N–H and O–H groups in total. The summed E-state index contributed by atoms with van der Waals surface area (Å²) in [6, 6.07) is 7.33. The number of likely N-dealkylation sites (tertiary alicyclic amines) is 2. The maximum absolute atomic E-state index is 13.3. The number of rotatable bonds is 3. The summed E-state index contributed by atoms with van der Waals surface area (Å²) >= 11 is 0. The number of aromatic nitrogens is 1. The highest BCUT2D eigenvalue weighted by Crippen LogP contribution is 2.33. The largest absolute Gasteiger partial charge is 0.443 e. The quantitative estimate of drug-likeness (QED) is 0.729. The van der Waals surface area contributed by atoms with E-state index in [4.69, 9.17) is 13.9 Å². The monoisotopic (exact) mass is 439 g/mol. The Morgan fingerprint density at radius 2 is 1.50 bits per heavy atom. The molecule has 1 aromatic heterocycles. The lowest BCUT2D eigenvalue weighted by Crippen LogP contribution is -2.47. The van der Waals surface area contributed by atoms with Gasteiger partial charge < -0.3 is 23.7 Å². The lowest BCUT2D eigenvalue weighted by molar-refractivity contribution is -0.181. The normalized spacial score (nSPS) is 21.0. The molecular weight excluding hydrogens is 410 g/mol. The summed E-state index contributed by atoms with van der Waals surface area (Å²) in [6.45, 7) is 3.77. The van der Waals surface area contributed by atoms with Crippen molar-refractivity contribution in [1.29, 1.82) is 0 Å². The van der Waals surface area contributed by atoms with E-state index in [2.05, 4.69) is 4.98 Å². The van der Waals surface area contributed by atoms with E-state index in [0.29, 0.717) is 56.0 Å². The molecule has 0 saturated carbocycles. The van der Waals surface area contributed by atoms with Crippen LogP contribution in [0.3, 0.4) is 0 Å². The predicted octanol–water partition coefficient (Wildman–Crippen LogP) is 3.34. The Morgan fingerprint density at radius 1 is 0.844 bits per heavy atom. The van der Waals surface area contributed by atoms with Crippen LogP contribution in [-0.2, 0) is 9.47 Å². The summed E-state index contributed by atoms with van der Waals surface area (Å²) in [7, 11) is 0. The van der Waals surface area contributed by atoms with Crippen LogP contribution in [0, 0.1) is 0 Å². The number of ether oxygens (including phenoxy) is 2. The molecule has 1 aromatic carbocycles. The number of piperidine rings is 1. The van der Waals surface area contributed by atoms with E-state index < -0.39 is 5.79 Å². The van der Waals surface area contributed by atoms with E-state index in [9.17, 15) is 9.59 Å². The van der Waals surface area contributed by atoms with E-state index in [-0.39, 0.29) is 17.5 Å². The van der Waals surface area contributed by atoms with Crippen LogP contribution in [0.1, 0.15) is 59.4 Å². The topological polar surface area (TPSA) is 85.1 Å². The maximum Gasteiger partial charge on any atom is 0.276 e. The highest BCUT2D eigenvalue weighted by Gasteiger charge is 2.41. The Hall–Kier alpha value is -2.71. The van der Waals surface area contributed by atoms with Crippen LogP contribution in [-0.4, -0.2) is 71.8 Å². The molecule has 0 bridgehead atoms. The molecule has 4 heterocycles. The highest BCUT2D eigenvalue weighted by molar-refractivity contribution is 6.04. The first-order chi connectivity index (χ1) is 15.7. The zero-order valence-electron chi connectivity index (χ0n) is 18.3. The second kappa shape index (κ2) is 9.03. The van der Waals surface area contributed by atoms with Crippen molar-refractivity contribution in [3.8, 4) is 11.3 Å². The predicted molar refractivity (Wildman–Crippen MR) is 116 cm³/mol. The number of carbonyl (C=O) groups is 2. The van der Waals surface area contributed by atoms with Crippen molar-refractivity contribution in [1.82, 2.24) is 14.8 Å². The van der Waals surface area contributed by atoms with Gasteiger partial charge in [-0.1, -0.05) is 31.0 Å². The molecule has 170 valence electrons. The average Bonchev–Trinajstić information content (AvgIpc) is 3.41. The van der Waals surface area contributed by atoms with Gasteiger partial charge in [-0.3, -0.25) is 9.59 Å². The van der Waals surface area contributed by atoms with Crippen molar-refractivity contribution in [2.75, 3.05) is 39.4 Å². The zero-order chi connectivity index (χ0) is 22.0. The highest BCUT2D eigenvalue weighted by atomic mass is 16.7. The number of hydrogen-bond acceptors (Lipinski definition) is 6. The third kappa shape index (κ3) is 4.04. The summed E-state index contributed by atoms with van der Waals surface area (Å²) in [6.07, 6.45) is 6.89. The molecule has 8 heteroatoms. The van der Waals surface area contributed by atoms with Gasteiger partial charge in [-0.05, 0) is 18.9 Å². The first-order valence-electron chi connectivity index (χ1n) is 11.6. The Bertz CT molecular complexity index is 964. The van der Waals surface area contributed by atoms with Gasteiger partial charge in [0.25, 0.3) is 11.8 Å². The number of benzene rings is 1. The number of hydrogen-bond donors (Lipinski definition) is 0. The van der Waals surface area contributed by atoms with Crippen molar-refractivity contribution in [2.24, 2.45) is 0 Å². The van der Waals surface area contributed by atoms with Gasteiger partial charge in [0.1, 0.15) is 0 Å². The number of amides is 2. The standard InChI is InChI=1S/C24H29N3O5/c28-22(26-11-5-1-2-6-12-26)19-8-4-3-7-18(19)21-20(25-17-30-21)23(29)27-13-9-24(10-14-27)31-15-16-32-24/h3-4,7-8,17H,1-2,5-6,9-16H2. The van der Waals surface area contributed by atoms with Gasteiger partial charge in [0.2, 0.25) is 0 Å². The van der Waals surface area contributed by atoms with Gasteiger partial charge in [0, 0.05) is 44.6 Å². The van der Waals surface area contributed by atoms with E-state index in [1.165, 1.54) is 6.39 Å². The van der Waals surface area contributed by atoms with E-state index in [1.54, 1.807) is 11.0 Å². The van der Waals surface area contributed by atoms with E-state index in [0.717, 1.165) is 38.8 Å². The SMILES string of the molecule is O=C(c1ccccc1-c1ocnc1C(=O)N1CCC2(CC1)OCCO2)N1CCCCCC1. The summed E-state index contributed by atoms with van der Waals surface area (Å²) < 4.78 is 17.2. The Labute approximate surface area is 187 Å². The van der Waals surface area contributed by atoms with E-state index in [1.807, 2.05) is 23.1 Å². The van der Waals surface area contributed by atoms with Gasteiger partial charge in [-0.15, -0.1) is 0 Å². The minimum absolute atomic E-state index is 0.0206. The van der Waals surface area contributed by atoms with Crippen molar-refractivity contribution in [2.45, 2.75) is 44.3 Å². The van der Waals surface area contributed by atoms with Crippen LogP contribution in [0.4, 0.5) is 0 Å². The minimum atomic E-state index is -0.546. The summed E-state index contributed by atoms with van der Waals surface area (Å²) in [5, 5.41) is 0. The fourth-order valence-corrected chi connectivity index (χ4v) is 4.89. The maximum atomic E-state index is 13.3. The van der Waals surface area contributed by atoms with Gasteiger partial charge in [-0.2, -0.15) is 0 Å². The van der Waals surface area contributed by atoms with Crippen LogP contribution < -0.4 is 0 Å². The van der Waals surface area contributed by atoms with E-state index >= 15 is 0 Å². The molecule has 8 nitrogen and oxygen atoms in total. The third-order valence-corrected chi connectivity index (χ3v) is 6.69. The van der Waals surface area contributed by atoms with Crippen molar-refractivity contribution < 1.29 is 23.5 Å². The molecule has 0 aliphatic carbocycles. The molecular formula is C24H29N3O5. The van der Waals surface area contributed by atoms with Crippen molar-refractivity contribution in [3.05, 3.63) is 41.9 Å². The first kappa shape index (κ1) is 21.2. The average molecular weight is 440 g/mol. The number of nitrogens with zero attached hydrogens (tertiary/aromatic N) is 3. The molecule has 32 heavy (non-hydrogen) atoms. The Morgan fingerprint density at radius 3 is 2.22 bits per heavy atom. The van der Waals surface area contributed by atoms with Gasteiger partial charge in [0.05, 0.1) is 18.8 Å². The first-order valence-corrected chi connectivity index (χ1v) is 11.6. The van der Waals surface area contributed by atoms with Gasteiger partial charge in [0.15, 0.2) is 23.6 Å². The van der Waals surface area contributed by atoms with Gasteiger partial charge >= 0.3 is 0 Å². The summed E-state index contributed by atoms with van der Waals surface area (Å²) in [5.41, 5.74) is 1.40. The second-order valence-corrected chi connectivity index (χ2v) is 8.68. The van der Waals surface area contributed by atoms with Crippen molar-refractivity contribution in [3.63, 3.8) is 0 Å². The van der Waals surface area contributed by atoms with Gasteiger partial charge in [-0.25, -0.2) is 4.98 Å². The molecule has 5 rings (SSSR count).